The number of hydrogen-bond acceptors (Lipinski definition) is 5. The minimum absolute atomic E-state index is 0.265. The first-order valence-electron chi connectivity index (χ1n) is 5.52. The van der Waals surface area contributed by atoms with E-state index in [2.05, 4.69) is 20.9 Å². The molecule has 6 heteroatoms. The first kappa shape index (κ1) is 11.9. The fraction of sp³-hybridized carbons (Fsp3) is 0.333. The van der Waals surface area contributed by atoms with Crippen molar-refractivity contribution in [2.75, 3.05) is 7.11 Å². The lowest BCUT2D eigenvalue weighted by molar-refractivity contribution is 0.0600. The van der Waals surface area contributed by atoms with E-state index in [4.69, 9.17) is 9.47 Å². The molecule has 1 saturated carbocycles. The smallest absolute Gasteiger partial charge is 0.338 e. The highest BCUT2D eigenvalue weighted by molar-refractivity contribution is 9.11. The number of benzene rings is 1. The normalized spacial score (nSPS) is 14.8. The zero-order valence-corrected chi connectivity index (χ0v) is 12.0. The topological polar surface area (TPSA) is 48.4 Å². The van der Waals surface area contributed by atoms with Crippen molar-refractivity contribution < 1.29 is 14.3 Å². The SMILES string of the molecule is COC(=O)c1cc(OC2CC2)c2nc(Br)sc2c1. The molecule has 1 heterocycles. The number of aromatic nitrogens is 1. The minimum atomic E-state index is -0.359. The monoisotopic (exact) mass is 327 g/mol. The quantitative estimate of drug-likeness (QED) is 0.811. The lowest BCUT2D eigenvalue weighted by Crippen LogP contribution is -2.03. The minimum Gasteiger partial charge on any atom is -0.488 e. The molecule has 0 saturated heterocycles. The first-order valence-corrected chi connectivity index (χ1v) is 7.13. The Morgan fingerprint density at radius 2 is 2.28 bits per heavy atom. The lowest BCUT2D eigenvalue weighted by atomic mass is 10.2. The van der Waals surface area contributed by atoms with Crippen LogP contribution in [0.25, 0.3) is 10.2 Å². The number of carbonyl (C=O) groups excluding carboxylic acids is 1. The van der Waals surface area contributed by atoms with E-state index < -0.39 is 0 Å². The summed E-state index contributed by atoms with van der Waals surface area (Å²) < 4.78 is 12.2. The van der Waals surface area contributed by atoms with Crippen LogP contribution in [0, 0.1) is 0 Å². The van der Waals surface area contributed by atoms with Crippen LogP contribution < -0.4 is 4.74 Å². The predicted octanol–water partition coefficient (Wildman–Crippen LogP) is 3.39. The molecule has 94 valence electrons. The molecule has 1 fully saturated rings. The zero-order chi connectivity index (χ0) is 12.7. The predicted molar refractivity (Wildman–Crippen MR) is 72.3 cm³/mol. The van der Waals surface area contributed by atoms with Crippen LogP contribution in [0.1, 0.15) is 23.2 Å². The number of carbonyl (C=O) groups is 1. The summed E-state index contributed by atoms with van der Waals surface area (Å²) in [4.78, 5) is 16.0. The van der Waals surface area contributed by atoms with Crippen molar-refractivity contribution in [1.82, 2.24) is 4.98 Å². The molecule has 3 rings (SSSR count). The van der Waals surface area contributed by atoms with Crippen LogP contribution in [0.3, 0.4) is 0 Å². The number of esters is 1. The molecule has 0 spiro atoms. The van der Waals surface area contributed by atoms with Gasteiger partial charge in [-0.25, -0.2) is 9.78 Å². The molecule has 18 heavy (non-hydrogen) atoms. The van der Waals surface area contributed by atoms with Crippen molar-refractivity contribution in [3.8, 4) is 5.75 Å². The highest BCUT2D eigenvalue weighted by Crippen LogP contribution is 2.37. The average molecular weight is 328 g/mol. The van der Waals surface area contributed by atoms with Crippen molar-refractivity contribution in [3.63, 3.8) is 0 Å². The number of ether oxygens (including phenoxy) is 2. The Bertz CT molecular complexity index is 621. The molecule has 0 N–H and O–H groups in total. The number of hydrogen-bond donors (Lipinski definition) is 0. The molecule has 0 amide bonds. The molecule has 0 atom stereocenters. The van der Waals surface area contributed by atoms with Crippen LogP contribution in [0.5, 0.6) is 5.75 Å². The summed E-state index contributed by atoms with van der Waals surface area (Å²) in [5.41, 5.74) is 1.29. The summed E-state index contributed by atoms with van der Waals surface area (Å²) in [5, 5.41) is 0. The van der Waals surface area contributed by atoms with Gasteiger partial charge in [-0.05, 0) is 40.9 Å². The molecule has 2 aromatic rings. The second kappa shape index (κ2) is 4.51. The summed E-state index contributed by atoms with van der Waals surface area (Å²) in [7, 11) is 1.37. The van der Waals surface area contributed by atoms with Crippen molar-refractivity contribution >= 4 is 43.5 Å². The maximum absolute atomic E-state index is 11.6. The van der Waals surface area contributed by atoms with E-state index >= 15 is 0 Å². The molecule has 1 aromatic heterocycles. The largest absolute Gasteiger partial charge is 0.488 e. The molecular formula is C12H10BrNO3S. The van der Waals surface area contributed by atoms with Crippen molar-refractivity contribution in [1.29, 1.82) is 0 Å². The fourth-order valence-electron chi connectivity index (χ4n) is 1.66. The van der Waals surface area contributed by atoms with E-state index in [-0.39, 0.29) is 12.1 Å². The van der Waals surface area contributed by atoms with Gasteiger partial charge in [0.15, 0.2) is 3.92 Å². The van der Waals surface area contributed by atoms with Gasteiger partial charge in [0.05, 0.1) is 23.5 Å². The van der Waals surface area contributed by atoms with Gasteiger partial charge in [0.1, 0.15) is 11.3 Å². The molecule has 1 aliphatic rings. The Morgan fingerprint density at radius 3 is 2.94 bits per heavy atom. The zero-order valence-electron chi connectivity index (χ0n) is 9.60. The van der Waals surface area contributed by atoms with E-state index in [0.29, 0.717) is 11.3 Å². The molecule has 0 unspecified atom stereocenters. The number of rotatable bonds is 3. The van der Waals surface area contributed by atoms with E-state index in [1.54, 1.807) is 12.1 Å². The summed E-state index contributed by atoms with van der Waals surface area (Å²) in [6.07, 6.45) is 2.39. The molecule has 0 aliphatic heterocycles. The number of fused-ring (bicyclic) bond motifs is 1. The van der Waals surface area contributed by atoms with E-state index in [9.17, 15) is 4.79 Å². The third-order valence-electron chi connectivity index (χ3n) is 2.67. The van der Waals surface area contributed by atoms with Crippen molar-refractivity contribution in [3.05, 3.63) is 21.6 Å². The van der Waals surface area contributed by atoms with Crippen LogP contribution in [0.4, 0.5) is 0 Å². The summed E-state index contributed by atoms with van der Waals surface area (Å²) >= 11 is 4.83. The van der Waals surface area contributed by atoms with Gasteiger partial charge in [0, 0.05) is 0 Å². The fourth-order valence-corrected chi connectivity index (χ4v) is 3.11. The van der Waals surface area contributed by atoms with Crippen molar-refractivity contribution in [2.24, 2.45) is 0 Å². The second-order valence-corrected chi connectivity index (χ2v) is 6.40. The Kier molecular flexibility index (Phi) is 2.99. The van der Waals surface area contributed by atoms with Gasteiger partial charge in [0.2, 0.25) is 0 Å². The Morgan fingerprint density at radius 1 is 1.50 bits per heavy atom. The van der Waals surface area contributed by atoms with Crippen LogP contribution in [-0.4, -0.2) is 24.2 Å². The highest BCUT2D eigenvalue weighted by Gasteiger charge is 2.25. The summed E-state index contributed by atoms with van der Waals surface area (Å²) in [5.74, 6) is 0.305. The van der Waals surface area contributed by atoms with Gasteiger partial charge in [-0.1, -0.05) is 0 Å². The molecule has 1 aromatic carbocycles. The summed E-state index contributed by atoms with van der Waals surface area (Å²) in [6.45, 7) is 0. The van der Waals surface area contributed by atoms with Gasteiger partial charge < -0.3 is 9.47 Å². The molecular weight excluding hydrogens is 318 g/mol. The van der Waals surface area contributed by atoms with E-state index in [0.717, 1.165) is 27.0 Å². The second-order valence-electron chi connectivity index (χ2n) is 4.10. The van der Waals surface area contributed by atoms with Crippen molar-refractivity contribution in [2.45, 2.75) is 18.9 Å². The molecule has 0 bridgehead atoms. The standard InChI is InChI=1S/C12H10BrNO3S/c1-16-11(15)6-4-8(17-7-2-3-7)10-9(5-6)18-12(13)14-10/h4-5,7H,2-3H2,1H3. The maximum Gasteiger partial charge on any atom is 0.338 e. The van der Waals surface area contributed by atoms with Crippen LogP contribution in [-0.2, 0) is 4.74 Å². The molecule has 4 nitrogen and oxygen atoms in total. The van der Waals surface area contributed by atoms with E-state index in [1.807, 2.05) is 0 Å². The third-order valence-corrected chi connectivity index (χ3v) is 4.13. The average Bonchev–Trinajstić information content (AvgIpc) is 3.08. The number of nitrogens with zero attached hydrogens (tertiary/aromatic N) is 1. The highest BCUT2D eigenvalue weighted by atomic mass is 79.9. The van der Waals surface area contributed by atoms with Gasteiger partial charge in [-0.2, -0.15) is 0 Å². The van der Waals surface area contributed by atoms with Gasteiger partial charge in [0.25, 0.3) is 0 Å². The van der Waals surface area contributed by atoms with Crippen LogP contribution in [0.2, 0.25) is 0 Å². The van der Waals surface area contributed by atoms with Crippen LogP contribution >= 0.6 is 27.3 Å². The number of methoxy groups -OCH3 is 1. The Hall–Kier alpha value is -1.14. The summed E-state index contributed by atoms with van der Waals surface area (Å²) in [6, 6.07) is 3.49. The van der Waals surface area contributed by atoms with Gasteiger partial charge in [-0.15, -0.1) is 11.3 Å². The number of halogens is 1. The Labute approximate surface area is 116 Å². The van der Waals surface area contributed by atoms with Gasteiger partial charge in [-0.3, -0.25) is 0 Å². The van der Waals surface area contributed by atoms with Crippen LogP contribution in [0.15, 0.2) is 16.0 Å². The van der Waals surface area contributed by atoms with Gasteiger partial charge >= 0.3 is 5.97 Å². The molecule has 1 aliphatic carbocycles. The number of thiazole rings is 1. The Balaban J connectivity index is 2.12. The molecule has 0 radical (unpaired) electrons. The lowest BCUT2D eigenvalue weighted by Gasteiger charge is -2.07. The third kappa shape index (κ3) is 2.22. The maximum atomic E-state index is 11.6. The van der Waals surface area contributed by atoms with E-state index in [1.165, 1.54) is 18.4 Å². The first-order chi connectivity index (χ1) is 8.67.